The zero-order valence-corrected chi connectivity index (χ0v) is 12.2. The molecule has 0 saturated heterocycles. The number of thioether (sulfide) groups is 1. The van der Waals surface area contributed by atoms with Crippen LogP contribution in [0.4, 0.5) is 5.69 Å². The second kappa shape index (κ2) is 6.31. The SMILES string of the molecule is CSCCN(C)CC(C)(C)c1ccc(N)cc1. The second-order valence-corrected chi connectivity index (χ2v) is 6.22. The van der Waals surface area contributed by atoms with Crippen LogP contribution in [0.15, 0.2) is 24.3 Å². The van der Waals surface area contributed by atoms with Crippen molar-refractivity contribution in [3.63, 3.8) is 0 Å². The number of nitrogen functional groups attached to an aromatic ring is 1. The van der Waals surface area contributed by atoms with E-state index in [-0.39, 0.29) is 5.41 Å². The quantitative estimate of drug-likeness (QED) is 0.789. The lowest BCUT2D eigenvalue weighted by atomic mass is 9.84. The number of likely N-dealkylation sites (N-methyl/N-ethyl adjacent to an activating group) is 1. The summed E-state index contributed by atoms with van der Waals surface area (Å²) in [5.74, 6) is 1.19. The fourth-order valence-electron chi connectivity index (χ4n) is 2.03. The summed E-state index contributed by atoms with van der Waals surface area (Å²) in [5.41, 5.74) is 8.07. The molecule has 0 aliphatic carbocycles. The molecule has 0 heterocycles. The first-order chi connectivity index (χ1) is 7.95. The van der Waals surface area contributed by atoms with Crippen LogP contribution in [-0.4, -0.2) is 37.0 Å². The first-order valence-electron chi connectivity index (χ1n) is 5.99. The monoisotopic (exact) mass is 252 g/mol. The third kappa shape index (κ3) is 4.60. The predicted octanol–water partition coefficient (Wildman–Crippen LogP) is 2.84. The van der Waals surface area contributed by atoms with Gasteiger partial charge in [0.15, 0.2) is 0 Å². The van der Waals surface area contributed by atoms with Crippen LogP contribution in [0.1, 0.15) is 19.4 Å². The summed E-state index contributed by atoms with van der Waals surface area (Å²) >= 11 is 1.90. The smallest absolute Gasteiger partial charge is 0.0314 e. The minimum Gasteiger partial charge on any atom is -0.399 e. The highest BCUT2D eigenvalue weighted by Crippen LogP contribution is 2.24. The Morgan fingerprint density at radius 3 is 2.35 bits per heavy atom. The van der Waals surface area contributed by atoms with E-state index in [0.29, 0.717) is 0 Å². The molecule has 0 atom stereocenters. The molecule has 1 aromatic rings. The summed E-state index contributed by atoms with van der Waals surface area (Å²) in [6.45, 7) is 6.78. The molecule has 0 radical (unpaired) electrons. The third-order valence-electron chi connectivity index (χ3n) is 3.03. The van der Waals surface area contributed by atoms with E-state index in [1.165, 1.54) is 11.3 Å². The minimum atomic E-state index is 0.168. The van der Waals surface area contributed by atoms with Gasteiger partial charge in [0.25, 0.3) is 0 Å². The van der Waals surface area contributed by atoms with Crippen LogP contribution < -0.4 is 5.73 Å². The van der Waals surface area contributed by atoms with Crippen molar-refractivity contribution < 1.29 is 0 Å². The van der Waals surface area contributed by atoms with E-state index in [9.17, 15) is 0 Å². The number of nitrogens with zero attached hydrogens (tertiary/aromatic N) is 1. The average Bonchev–Trinajstić information content (AvgIpc) is 2.26. The molecular weight excluding hydrogens is 228 g/mol. The van der Waals surface area contributed by atoms with Gasteiger partial charge in [0, 0.05) is 29.9 Å². The first kappa shape index (κ1) is 14.4. The van der Waals surface area contributed by atoms with Crippen LogP contribution in [0, 0.1) is 0 Å². The van der Waals surface area contributed by atoms with E-state index < -0.39 is 0 Å². The van der Waals surface area contributed by atoms with Gasteiger partial charge in [-0.25, -0.2) is 0 Å². The van der Waals surface area contributed by atoms with Crippen molar-refractivity contribution in [2.75, 3.05) is 37.9 Å². The topological polar surface area (TPSA) is 29.3 Å². The Morgan fingerprint density at radius 1 is 1.24 bits per heavy atom. The second-order valence-electron chi connectivity index (χ2n) is 5.24. The fraction of sp³-hybridized carbons (Fsp3) is 0.571. The molecule has 2 N–H and O–H groups in total. The molecule has 0 amide bonds. The van der Waals surface area contributed by atoms with Crippen LogP contribution in [0.25, 0.3) is 0 Å². The number of hydrogen-bond acceptors (Lipinski definition) is 3. The van der Waals surface area contributed by atoms with Crippen LogP contribution in [0.3, 0.4) is 0 Å². The highest BCUT2D eigenvalue weighted by Gasteiger charge is 2.22. The number of rotatable bonds is 6. The third-order valence-corrected chi connectivity index (χ3v) is 3.63. The number of anilines is 1. The van der Waals surface area contributed by atoms with Gasteiger partial charge in [0.1, 0.15) is 0 Å². The van der Waals surface area contributed by atoms with Gasteiger partial charge in [0.2, 0.25) is 0 Å². The van der Waals surface area contributed by atoms with Crippen LogP contribution in [-0.2, 0) is 5.41 Å². The zero-order valence-electron chi connectivity index (χ0n) is 11.4. The molecule has 3 heteroatoms. The molecule has 0 aromatic heterocycles. The molecule has 0 spiro atoms. The molecule has 0 aliphatic rings. The highest BCUT2D eigenvalue weighted by molar-refractivity contribution is 7.98. The Bertz CT molecular complexity index is 333. The van der Waals surface area contributed by atoms with Gasteiger partial charge in [-0.3, -0.25) is 0 Å². The van der Waals surface area contributed by atoms with Crippen molar-refractivity contribution in [2.45, 2.75) is 19.3 Å². The molecule has 0 saturated carbocycles. The minimum absolute atomic E-state index is 0.168. The van der Waals surface area contributed by atoms with Crippen molar-refractivity contribution in [3.05, 3.63) is 29.8 Å². The van der Waals surface area contributed by atoms with Gasteiger partial charge in [-0.15, -0.1) is 0 Å². The maximum absolute atomic E-state index is 5.72. The van der Waals surface area contributed by atoms with Crippen molar-refractivity contribution >= 4 is 17.4 Å². The van der Waals surface area contributed by atoms with Crippen molar-refractivity contribution in [1.82, 2.24) is 4.90 Å². The Morgan fingerprint density at radius 2 is 1.82 bits per heavy atom. The molecule has 0 bridgehead atoms. The lowest BCUT2D eigenvalue weighted by Crippen LogP contribution is -2.35. The van der Waals surface area contributed by atoms with Gasteiger partial charge in [-0.1, -0.05) is 26.0 Å². The van der Waals surface area contributed by atoms with Crippen molar-refractivity contribution in [3.8, 4) is 0 Å². The van der Waals surface area contributed by atoms with E-state index in [4.69, 9.17) is 5.73 Å². The summed E-state index contributed by atoms with van der Waals surface area (Å²) in [4.78, 5) is 2.40. The summed E-state index contributed by atoms with van der Waals surface area (Å²) in [5, 5.41) is 0. The summed E-state index contributed by atoms with van der Waals surface area (Å²) in [6, 6.07) is 8.24. The molecule has 96 valence electrons. The number of nitrogens with two attached hydrogens (primary N) is 1. The van der Waals surface area contributed by atoms with E-state index in [1.807, 2.05) is 23.9 Å². The number of hydrogen-bond donors (Lipinski definition) is 1. The molecule has 1 aromatic carbocycles. The molecule has 0 unspecified atom stereocenters. The van der Waals surface area contributed by atoms with Gasteiger partial charge < -0.3 is 10.6 Å². The van der Waals surface area contributed by atoms with Crippen molar-refractivity contribution in [1.29, 1.82) is 0 Å². The summed E-state index contributed by atoms with van der Waals surface area (Å²) in [6.07, 6.45) is 2.15. The molecule has 0 aliphatic heterocycles. The van der Waals surface area contributed by atoms with Crippen LogP contribution >= 0.6 is 11.8 Å². The van der Waals surface area contributed by atoms with Gasteiger partial charge in [-0.2, -0.15) is 11.8 Å². The average molecular weight is 252 g/mol. The van der Waals surface area contributed by atoms with Gasteiger partial charge in [-0.05, 0) is 31.0 Å². The van der Waals surface area contributed by atoms with Gasteiger partial charge >= 0.3 is 0 Å². The highest BCUT2D eigenvalue weighted by atomic mass is 32.2. The normalized spacial score (nSPS) is 12.1. The molecule has 0 fully saturated rings. The van der Waals surface area contributed by atoms with E-state index in [2.05, 4.69) is 44.2 Å². The van der Waals surface area contributed by atoms with Crippen LogP contribution in [0.5, 0.6) is 0 Å². The number of benzene rings is 1. The lowest BCUT2D eigenvalue weighted by molar-refractivity contribution is 0.282. The fourth-order valence-corrected chi connectivity index (χ4v) is 2.52. The maximum atomic E-state index is 5.72. The van der Waals surface area contributed by atoms with E-state index in [1.54, 1.807) is 0 Å². The van der Waals surface area contributed by atoms with E-state index in [0.717, 1.165) is 18.8 Å². The van der Waals surface area contributed by atoms with Crippen molar-refractivity contribution in [2.24, 2.45) is 0 Å². The Hall–Kier alpha value is -0.670. The zero-order chi connectivity index (χ0) is 12.9. The Balaban J connectivity index is 2.64. The predicted molar refractivity (Wildman–Crippen MR) is 79.8 cm³/mol. The van der Waals surface area contributed by atoms with Gasteiger partial charge in [0.05, 0.1) is 0 Å². The Labute approximate surface area is 110 Å². The van der Waals surface area contributed by atoms with Crippen LogP contribution in [0.2, 0.25) is 0 Å². The first-order valence-corrected chi connectivity index (χ1v) is 7.38. The molecular formula is C14H24N2S. The summed E-state index contributed by atoms with van der Waals surface area (Å²) in [7, 11) is 2.19. The molecule has 1 rings (SSSR count). The standard InChI is InChI=1S/C14H24N2S/c1-14(2,11-16(3)9-10-17-4)12-5-7-13(15)8-6-12/h5-8H,9-11,15H2,1-4H3. The summed E-state index contributed by atoms with van der Waals surface area (Å²) < 4.78 is 0. The maximum Gasteiger partial charge on any atom is 0.0314 e. The molecule has 17 heavy (non-hydrogen) atoms. The molecule has 2 nitrogen and oxygen atoms in total. The van der Waals surface area contributed by atoms with E-state index >= 15 is 0 Å². The lowest BCUT2D eigenvalue weighted by Gasteiger charge is -2.31. The Kier molecular flexibility index (Phi) is 5.34. The largest absolute Gasteiger partial charge is 0.399 e.